The molecule has 0 saturated carbocycles. The van der Waals surface area contributed by atoms with Gasteiger partial charge in [-0.05, 0) is 48.9 Å². The fourth-order valence-electron chi connectivity index (χ4n) is 4.18. The standard InChI is InChI=1S/C21H33N3/c1-20(2,3)19-23-16-11-10-15(13-17(16)24(19)6)14-21(4,5)18-9-7-8-12-22-18/h10-11,13,18,22H,7-9,12,14H2,1-6H3/t18-/m1/s1. The van der Waals surface area contributed by atoms with Crippen LogP contribution in [0, 0.1) is 5.41 Å². The molecule has 1 aromatic carbocycles. The van der Waals surface area contributed by atoms with E-state index in [9.17, 15) is 0 Å². The van der Waals surface area contributed by atoms with Crippen molar-refractivity contribution in [3.63, 3.8) is 0 Å². The summed E-state index contributed by atoms with van der Waals surface area (Å²) in [6.07, 6.45) is 5.09. The molecule has 1 N–H and O–H groups in total. The van der Waals surface area contributed by atoms with Crippen LogP contribution in [-0.2, 0) is 18.9 Å². The Morgan fingerprint density at radius 3 is 2.54 bits per heavy atom. The molecule has 0 amide bonds. The van der Waals surface area contributed by atoms with E-state index < -0.39 is 0 Å². The van der Waals surface area contributed by atoms with Crippen LogP contribution in [0.15, 0.2) is 18.2 Å². The minimum absolute atomic E-state index is 0.0687. The number of nitrogens with one attached hydrogen (secondary N) is 1. The monoisotopic (exact) mass is 327 g/mol. The highest BCUT2D eigenvalue weighted by Gasteiger charge is 2.31. The quantitative estimate of drug-likeness (QED) is 0.894. The number of nitrogens with zero attached hydrogens (tertiary/aromatic N) is 2. The van der Waals surface area contributed by atoms with Crippen LogP contribution in [0.2, 0.25) is 0 Å². The van der Waals surface area contributed by atoms with Crippen LogP contribution in [0.25, 0.3) is 11.0 Å². The number of hydrogen-bond acceptors (Lipinski definition) is 2. The van der Waals surface area contributed by atoms with Gasteiger partial charge in [0.05, 0.1) is 11.0 Å². The summed E-state index contributed by atoms with van der Waals surface area (Å²) in [4.78, 5) is 4.86. The summed E-state index contributed by atoms with van der Waals surface area (Å²) in [5.41, 5.74) is 4.13. The zero-order valence-electron chi connectivity index (χ0n) is 16.2. The summed E-state index contributed by atoms with van der Waals surface area (Å²) in [5.74, 6) is 1.16. The van der Waals surface area contributed by atoms with Gasteiger partial charge in [-0.3, -0.25) is 0 Å². The van der Waals surface area contributed by atoms with Crippen LogP contribution in [0.4, 0.5) is 0 Å². The summed E-state index contributed by atoms with van der Waals surface area (Å²) < 4.78 is 2.27. The van der Waals surface area contributed by atoms with Gasteiger partial charge in [0, 0.05) is 18.5 Å². The van der Waals surface area contributed by atoms with Gasteiger partial charge >= 0.3 is 0 Å². The first kappa shape index (κ1) is 17.5. The Labute approximate surface area is 146 Å². The third kappa shape index (κ3) is 3.37. The van der Waals surface area contributed by atoms with Gasteiger partial charge in [-0.2, -0.15) is 0 Å². The first-order valence-electron chi connectivity index (χ1n) is 9.38. The molecule has 1 atom stereocenters. The first-order chi connectivity index (χ1) is 11.2. The van der Waals surface area contributed by atoms with E-state index in [1.54, 1.807) is 0 Å². The number of fused-ring (bicyclic) bond motifs is 1. The molecule has 0 bridgehead atoms. The third-order valence-corrected chi connectivity index (χ3v) is 5.53. The lowest BCUT2D eigenvalue weighted by Crippen LogP contribution is -2.45. The zero-order chi connectivity index (χ0) is 17.5. The predicted octanol–water partition coefficient (Wildman–Crippen LogP) is 4.58. The zero-order valence-corrected chi connectivity index (χ0v) is 16.2. The highest BCUT2D eigenvalue weighted by Crippen LogP contribution is 2.32. The van der Waals surface area contributed by atoms with Gasteiger partial charge in [0.1, 0.15) is 5.82 Å². The molecule has 132 valence electrons. The SMILES string of the molecule is Cn1c(C(C)(C)C)nc2ccc(CC(C)(C)[C@H]3CCCCN3)cc21. The smallest absolute Gasteiger partial charge is 0.115 e. The fourth-order valence-corrected chi connectivity index (χ4v) is 4.18. The number of rotatable bonds is 3. The lowest BCUT2D eigenvalue weighted by molar-refractivity contribution is 0.202. The molecular formula is C21H33N3. The van der Waals surface area contributed by atoms with Gasteiger partial charge in [-0.1, -0.05) is 47.1 Å². The van der Waals surface area contributed by atoms with Crippen LogP contribution in [0.3, 0.4) is 0 Å². The highest BCUT2D eigenvalue weighted by atomic mass is 15.1. The molecule has 0 spiro atoms. The second-order valence-corrected chi connectivity index (χ2v) is 9.24. The Morgan fingerprint density at radius 2 is 1.92 bits per heavy atom. The number of hydrogen-bond donors (Lipinski definition) is 1. The summed E-state index contributed by atoms with van der Waals surface area (Å²) in [7, 11) is 2.15. The molecule has 3 rings (SSSR count). The van der Waals surface area contributed by atoms with Gasteiger partial charge in [-0.15, -0.1) is 0 Å². The third-order valence-electron chi connectivity index (χ3n) is 5.53. The Morgan fingerprint density at radius 1 is 1.17 bits per heavy atom. The van der Waals surface area contributed by atoms with E-state index in [2.05, 4.69) is 69.7 Å². The fraction of sp³-hybridized carbons (Fsp3) is 0.667. The Kier molecular flexibility index (Phi) is 4.50. The molecule has 1 fully saturated rings. The van der Waals surface area contributed by atoms with Crippen LogP contribution in [0.1, 0.15) is 65.3 Å². The minimum Gasteiger partial charge on any atom is -0.331 e. The molecule has 1 saturated heterocycles. The van der Waals surface area contributed by atoms with E-state index in [0.29, 0.717) is 6.04 Å². The topological polar surface area (TPSA) is 29.9 Å². The van der Waals surface area contributed by atoms with Gasteiger partial charge in [0.25, 0.3) is 0 Å². The molecule has 1 aliphatic rings. The molecule has 0 unspecified atom stereocenters. The van der Waals surface area contributed by atoms with Crippen molar-refractivity contribution in [1.82, 2.24) is 14.9 Å². The van der Waals surface area contributed by atoms with Crippen molar-refractivity contribution in [1.29, 1.82) is 0 Å². The average molecular weight is 328 g/mol. The number of aryl methyl sites for hydroxylation is 1. The Bertz CT molecular complexity index is 712. The summed E-state index contributed by atoms with van der Waals surface area (Å²) in [6, 6.07) is 7.44. The van der Waals surface area contributed by atoms with Crippen LogP contribution in [-0.4, -0.2) is 22.1 Å². The van der Waals surface area contributed by atoms with Crippen molar-refractivity contribution in [3.05, 3.63) is 29.6 Å². The largest absolute Gasteiger partial charge is 0.331 e. The highest BCUT2D eigenvalue weighted by molar-refractivity contribution is 5.77. The van der Waals surface area contributed by atoms with Gasteiger partial charge in [-0.25, -0.2) is 4.98 Å². The van der Waals surface area contributed by atoms with E-state index in [-0.39, 0.29) is 10.8 Å². The summed E-state index contributed by atoms with van der Waals surface area (Å²) in [5, 5.41) is 3.73. The Hall–Kier alpha value is -1.35. The van der Waals surface area contributed by atoms with Crippen LogP contribution < -0.4 is 5.32 Å². The normalized spacial score (nSPS) is 19.8. The van der Waals surface area contributed by atoms with E-state index in [1.807, 2.05) is 0 Å². The molecule has 1 aliphatic heterocycles. The number of benzene rings is 1. The van der Waals surface area contributed by atoms with Gasteiger partial charge < -0.3 is 9.88 Å². The molecule has 0 radical (unpaired) electrons. The molecule has 0 aliphatic carbocycles. The van der Waals surface area contributed by atoms with Crippen LogP contribution in [0.5, 0.6) is 0 Å². The lowest BCUT2D eigenvalue weighted by Gasteiger charge is -2.38. The van der Waals surface area contributed by atoms with E-state index >= 15 is 0 Å². The Balaban J connectivity index is 1.89. The molecule has 2 aromatic rings. The van der Waals surface area contributed by atoms with Crippen molar-refractivity contribution in [3.8, 4) is 0 Å². The minimum atomic E-state index is 0.0687. The number of imidazole rings is 1. The molecule has 3 nitrogen and oxygen atoms in total. The second-order valence-electron chi connectivity index (χ2n) is 9.24. The van der Waals surface area contributed by atoms with Crippen LogP contribution >= 0.6 is 0 Å². The molecular weight excluding hydrogens is 294 g/mol. The number of aromatic nitrogens is 2. The van der Waals surface area contributed by atoms with Crippen molar-refractivity contribution in [2.24, 2.45) is 12.5 Å². The molecule has 3 heteroatoms. The summed E-state index contributed by atoms with van der Waals surface area (Å²) in [6.45, 7) is 12.7. The van der Waals surface area contributed by atoms with E-state index in [4.69, 9.17) is 4.98 Å². The molecule has 24 heavy (non-hydrogen) atoms. The van der Waals surface area contributed by atoms with Crippen molar-refractivity contribution in [2.45, 2.75) is 71.8 Å². The second kappa shape index (κ2) is 6.18. The van der Waals surface area contributed by atoms with E-state index in [0.717, 1.165) is 17.8 Å². The predicted molar refractivity (Wildman–Crippen MR) is 103 cm³/mol. The van der Waals surface area contributed by atoms with Crippen molar-refractivity contribution in [2.75, 3.05) is 6.54 Å². The average Bonchev–Trinajstić information content (AvgIpc) is 2.85. The van der Waals surface area contributed by atoms with Gasteiger partial charge in [0.2, 0.25) is 0 Å². The van der Waals surface area contributed by atoms with Crippen molar-refractivity contribution < 1.29 is 0 Å². The molecule has 1 aromatic heterocycles. The maximum atomic E-state index is 4.86. The van der Waals surface area contributed by atoms with E-state index in [1.165, 1.54) is 36.9 Å². The van der Waals surface area contributed by atoms with Crippen molar-refractivity contribution >= 4 is 11.0 Å². The molecule has 2 heterocycles. The summed E-state index contributed by atoms with van der Waals surface area (Å²) >= 11 is 0. The maximum Gasteiger partial charge on any atom is 0.115 e. The lowest BCUT2D eigenvalue weighted by atomic mass is 9.75. The number of piperidine rings is 1. The first-order valence-corrected chi connectivity index (χ1v) is 9.38. The maximum absolute atomic E-state index is 4.86. The van der Waals surface area contributed by atoms with Gasteiger partial charge in [0.15, 0.2) is 0 Å².